The first-order valence-electron chi connectivity index (χ1n) is 5.62. The third-order valence-corrected chi connectivity index (χ3v) is 3.04. The van der Waals surface area contributed by atoms with Gasteiger partial charge in [0.1, 0.15) is 5.75 Å². The van der Waals surface area contributed by atoms with E-state index in [1.54, 1.807) is 31.4 Å². The molecule has 0 spiro atoms. The molecule has 0 saturated carbocycles. The minimum absolute atomic E-state index is 0.399. The molecule has 2 rings (SSSR count). The van der Waals surface area contributed by atoms with Crippen molar-refractivity contribution in [1.82, 2.24) is 10.2 Å². The fourth-order valence-corrected chi connectivity index (χ4v) is 1.84. The molecule has 6 heteroatoms. The molecule has 2 N–H and O–H groups in total. The van der Waals surface area contributed by atoms with Gasteiger partial charge in [-0.3, -0.25) is 0 Å². The summed E-state index contributed by atoms with van der Waals surface area (Å²) < 4.78 is 10.1. The highest BCUT2D eigenvalue weighted by molar-refractivity contribution is 6.32. The Morgan fingerprint density at radius 2 is 1.89 bits per heavy atom. The molecular weight excluding hydrogens is 266 g/mol. The first kappa shape index (κ1) is 13.6. The smallest absolute Gasteiger partial charge is 0.233 e. The van der Waals surface area contributed by atoms with Crippen LogP contribution in [-0.2, 0) is 0 Å². The number of ether oxygens (including phenoxy) is 2. The summed E-state index contributed by atoms with van der Waals surface area (Å²) in [5, 5.41) is 8.47. The molecule has 100 valence electrons. The molecule has 1 atom stereocenters. The minimum Gasteiger partial charge on any atom is -0.495 e. The van der Waals surface area contributed by atoms with Gasteiger partial charge in [0.25, 0.3) is 0 Å². The van der Waals surface area contributed by atoms with Gasteiger partial charge < -0.3 is 15.2 Å². The highest BCUT2D eigenvalue weighted by Crippen LogP contribution is 2.28. The normalized spacial score (nSPS) is 12.0. The van der Waals surface area contributed by atoms with Gasteiger partial charge in [-0.25, -0.2) is 0 Å². The fraction of sp³-hybridized carbons (Fsp3) is 0.231. The van der Waals surface area contributed by atoms with Crippen molar-refractivity contribution in [3.05, 3.63) is 46.6 Å². The number of methoxy groups -OCH3 is 2. The molecule has 0 aliphatic rings. The molecule has 1 heterocycles. The van der Waals surface area contributed by atoms with E-state index in [-0.39, 0.29) is 0 Å². The van der Waals surface area contributed by atoms with Crippen LogP contribution in [0.3, 0.4) is 0 Å². The molecule has 1 aromatic heterocycles. The maximum Gasteiger partial charge on any atom is 0.233 e. The lowest BCUT2D eigenvalue weighted by molar-refractivity contribution is 0.390. The van der Waals surface area contributed by atoms with Gasteiger partial charge >= 0.3 is 0 Å². The summed E-state index contributed by atoms with van der Waals surface area (Å²) in [5.41, 5.74) is 7.63. The molecule has 19 heavy (non-hydrogen) atoms. The molecular formula is C13H14ClN3O2. The van der Waals surface area contributed by atoms with Crippen LogP contribution in [0.1, 0.15) is 17.3 Å². The first-order valence-corrected chi connectivity index (χ1v) is 6.00. The van der Waals surface area contributed by atoms with E-state index in [0.29, 0.717) is 22.3 Å². The lowest BCUT2D eigenvalue weighted by Crippen LogP contribution is -2.14. The number of halogens is 1. The standard InChI is InChI=1S/C13H14ClN3O2/c1-18-11-7-8(3-4-9(11)14)13(15)10-5-6-12(19-2)17-16-10/h3-7,13H,15H2,1-2H3. The second-order valence-corrected chi connectivity index (χ2v) is 4.28. The highest BCUT2D eigenvalue weighted by Gasteiger charge is 2.13. The van der Waals surface area contributed by atoms with Crippen LogP contribution in [0.2, 0.25) is 5.02 Å². The van der Waals surface area contributed by atoms with Crippen molar-refractivity contribution >= 4 is 11.6 Å². The predicted octanol–water partition coefficient (Wildman–Crippen LogP) is 2.20. The number of hydrogen-bond acceptors (Lipinski definition) is 5. The van der Waals surface area contributed by atoms with Gasteiger partial charge in [-0.05, 0) is 23.8 Å². The van der Waals surface area contributed by atoms with E-state index in [0.717, 1.165) is 5.56 Å². The number of benzene rings is 1. The molecule has 0 fully saturated rings. The molecule has 1 aromatic carbocycles. The van der Waals surface area contributed by atoms with Crippen molar-refractivity contribution in [2.24, 2.45) is 5.73 Å². The van der Waals surface area contributed by atoms with Gasteiger partial charge in [0.2, 0.25) is 5.88 Å². The van der Waals surface area contributed by atoms with Crippen LogP contribution >= 0.6 is 11.6 Å². The topological polar surface area (TPSA) is 70.3 Å². The van der Waals surface area contributed by atoms with E-state index in [1.165, 1.54) is 7.11 Å². The van der Waals surface area contributed by atoms with Crippen molar-refractivity contribution in [3.63, 3.8) is 0 Å². The number of nitrogens with two attached hydrogens (primary N) is 1. The van der Waals surface area contributed by atoms with E-state index in [2.05, 4.69) is 10.2 Å². The quantitative estimate of drug-likeness (QED) is 0.929. The van der Waals surface area contributed by atoms with E-state index in [9.17, 15) is 0 Å². The van der Waals surface area contributed by atoms with E-state index < -0.39 is 6.04 Å². The van der Waals surface area contributed by atoms with Gasteiger partial charge in [0.15, 0.2) is 0 Å². The summed E-state index contributed by atoms with van der Waals surface area (Å²) in [7, 11) is 3.09. The monoisotopic (exact) mass is 279 g/mol. The number of nitrogens with zero attached hydrogens (tertiary/aromatic N) is 2. The van der Waals surface area contributed by atoms with E-state index >= 15 is 0 Å². The Morgan fingerprint density at radius 3 is 2.47 bits per heavy atom. The third kappa shape index (κ3) is 2.94. The van der Waals surface area contributed by atoms with Crippen molar-refractivity contribution in [2.45, 2.75) is 6.04 Å². The summed E-state index contributed by atoms with van der Waals surface area (Å²) in [5.74, 6) is 1.03. The van der Waals surface area contributed by atoms with Crippen LogP contribution in [0.5, 0.6) is 11.6 Å². The minimum atomic E-state index is -0.399. The van der Waals surface area contributed by atoms with Crippen LogP contribution < -0.4 is 15.2 Å². The molecule has 5 nitrogen and oxygen atoms in total. The van der Waals surface area contributed by atoms with Gasteiger partial charge in [0, 0.05) is 6.07 Å². The molecule has 0 aliphatic carbocycles. The molecule has 0 saturated heterocycles. The van der Waals surface area contributed by atoms with Crippen LogP contribution in [0.15, 0.2) is 30.3 Å². The van der Waals surface area contributed by atoms with Crippen LogP contribution in [0, 0.1) is 0 Å². The van der Waals surface area contributed by atoms with Crippen LogP contribution in [0.4, 0.5) is 0 Å². The Hall–Kier alpha value is -1.85. The Morgan fingerprint density at radius 1 is 1.11 bits per heavy atom. The number of hydrogen-bond donors (Lipinski definition) is 1. The average Bonchev–Trinajstić information content (AvgIpc) is 2.47. The van der Waals surface area contributed by atoms with Gasteiger partial charge in [0.05, 0.1) is 31.0 Å². The average molecular weight is 280 g/mol. The van der Waals surface area contributed by atoms with Gasteiger partial charge in [-0.1, -0.05) is 17.7 Å². The summed E-state index contributed by atoms with van der Waals surface area (Å²) in [4.78, 5) is 0. The predicted molar refractivity (Wildman–Crippen MR) is 72.6 cm³/mol. The lowest BCUT2D eigenvalue weighted by Gasteiger charge is -2.13. The zero-order valence-electron chi connectivity index (χ0n) is 10.6. The zero-order valence-corrected chi connectivity index (χ0v) is 11.4. The van der Waals surface area contributed by atoms with Crippen LogP contribution in [-0.4, -0.2) is 24.4 Å². The van der Waals surface area contributed by atoms with Gasteiger partial charge in [-0.2, -0.15) is 0 Å². The Bertz CT molecular complexity index is 560. The van der Waals surface area contributed by atoms with Crippen molar-refractivity contribution in [3.8, 4) is 11.6 Å². The van der Waals surface area contributed by atoms with Crippen molar-refractivity contribution < 1.29 is 9.47 Å². The summed E-state index contributed by atoms with van der Waals surface area (Å²) in [6.45, 7) is 0. The Kier molecular flexibility index (Phi) is 4.19. The fourth-order valence-electron chi connectivity index (χ4n) is 1.65. The Labute approximate surface area is 116 Å². The highest BCUT2D eigenvalue weighted by atomic mass is 35.5. The van der Waals surface area contributed by atoms with E-state index in [1.807, 2.05) is 6.07 Å². The lowest BCUT2D eigenvalue weighted by atomic mass is 10.0. The Balaban J connectivity index is 2.29. The molecule has 0 aliphatic heterocycles. The first-order chi connectivity index (χ1) is 9.15. The zero-order chi connectivity index (χ0) is 13.8. The van der Waals surface area contributed by atoms with Crippen molar-refractivity contribution in [1.29, 1.82) is 0 Å². The second-order valence-electron chi connectivity index (χ2n) is 3.87. The van der Waals surface area contributed by atoms with E-state index in [4.69, 9.17) is 26.8 Å². The molecule has 0 radical (unpaired) electrons. The second kappa shape index (κ2) is 5.86. The molecule has 1 unspecified atom stereocenters. The molecule has 2 aromatic rings. The number of aromatic nitrogens is 2. The van der Waals surface area contributed by atoms with Crippen molar-refractivity contribution in [2.75, 3.05) is 14.2 Å². The van der Waals surface area contributed by atoms with Crippen LogP contribution in [0.25, 0.3) is 0 Å². The molecule has 0 amide bonds. The maximum absolute atomic E-state index is 6.14. The SMILES string of the molecule is COc1ccc(C(N)c2ccc(Cl)c(OC)c2)nn1. The summed E-state index contributed by atoms with van der Waals surface area (Å²) in [6.07, 6.45) is 0. The molecule has 0 bridgehead atoms. The maximum atomic E-state index is 6.14. The summed E-state index contributed by atoms with van der Waals surface area (Å²) in [6, 6.07) is 8.46. The number of rotatable bonds is 4. The summed E-state index contributed by atoms with van der Waals surface area (Å²) >= 11 is 5.98. The van der Waals surface area contributed by atoms with Gasteiger partial charge in [-0.15, -0.1) is 10.2 Å². The largest absolute Gasteiger partial charge is 0.495 e. The third-order valence-electron chi connectivity index (χ3n) is 2.72.